The number of benzene rings is 2. The Labute approximate surface area is 169 Å². The second-order valence-electron chi connectivity index (χ2n) is 5.69. The van der Waals surface area contributed by atoms with Gasteiger partial charge in [-0.2, -0.15) is 5.10 Å². The van der Waals surface area contributed by atoms with Gasteiger partial charge in [0.25, 0.3) is 0 Å². The standard InChI is InChI=1S/C18H14ClN3O3S2/c1-25-17(24)16-20-22(14-9-7-12(19)8-10-14)18(27-16)21(15(23)11-26-18)13-5-3-2-4-6-13/h2-10H,11H2,1H3. The summed E-state index contributed by atoms with van der Waals surface area (Å²) >= 11 is 8.63. The second kappa shape index (κ2) is 7.10. The molecule has 138 valence electrons. The lowest BCUT2D eigenvalue weighted by Gasteiger charge is -2.39. The molecule has 2 aliphatic rings. The number of methoxy groups -OCH3 is 1. The molecule has 0 aliphatic carbocycles. The highest BCUT2D eigenvalue weighted by molar-refractivity contribution is 8.28. The first-order valence-corrected chi connectivity index (χ1v) is 10.2. The highest BCUT2D eigenvalue weighted by atomic mass is 35.5. The molecule has 0 radical (unpaired) electrons. The molecular formula is C18H14ClN3O3S2. The van der Waals surface area contributed by atoms with Crippen LogP contribution in [0.3, 0.4) is 0 Å². The largest absolute Gasteiger partial charge is 0.464 e. The summed E-state index contributed by atoms with van der Waals surface area (Å²) in [6, 6.07) is 16.5. The second-order valence-corrected chi connectivity index (χ2v) is 8.69. The highest BCUT2D eigenvalue weighted by Gasteiger charge is 2.58. The van der Waals surface area contributed by atoms with Crippen LogP contribution < -0.4 is 9.91 Å². The number of esters is 1. The molecular weight excluding hydrogens is 406 g/mol. The lowest BCUT2D eigenvalue weighted by atomic mass is 10.3. The van der Waals surface area contributed by atoms with Crippen LogP contribution >= 0.6 is 35.1 Å². The van der Waals surface area contributed by atoms with Gasteiger partial charge in [0.2, 0.25) is 15.3 Å². The predicted molar refractivity (Wildman–Crippen MR) is 110 cm³/mol. The van der Waals surface area contributed by atoms with Gasteiger partial charge >= 0.3 is 5.97 Å². The summed E-state index contributed by atoms with van der Waals surface area (Å²) in [6.07, 6.45) is 0. The minimum Gasteiger partial charge on any atom is -0.464 e. The number of halogens is 1. The fraction of sp³-hybridized carbons (Fsp3) is 0.167. The van der Waals surface area contributed by atoms with Crippen molar-refractivity contribution in [2.45, 2.75) is 4.33 Å². The molecule has 27 heavy (non-hydrogen) atoms. The SMILES string of the molecule is COC(=O)C1=NN(c2ccc(Cl)cc2)C2(SCC(=O)N2c2ccccc2)S1. The van der Waals surface area contributed by atoms with Crippen molar-refractivity contribution in [1.29, 1.82) is 0 Å². The summed E-state index contributed by atoms with van der Waals surface area (Å²) in [5.41, 5.74) is 1.45. The van der Waals surface area contributed by atoms with Gasteiger partial charge in [0.1, 0.15) is 0 Å². The van der Waals surface area contributed by atoms with Crippen molar-refractivity contribution in [1.82, 2.24) is 0 Å². The van der Waals surface area contributed by atoms with Crippen LogP contribution in [0.25, 0.3) is 0 Å². The van der Waals surface area contributed by atoms with E-state index in [2.05, 4.69) is 5.10 Å². The zero-order valence-electron chi connectivity index (χ0n) is 14.2. The number of hydrazone groups is 1. The van der Waals surface area contributed by atoms with Gasteiger partial charge in [-0.05, 0) is 48.2 Å². The van der Waals surface area contributed by atoms with Crippen molar-refractivity contribution in [3.8, 4) is 0 Å². The van der Waals surface area contributed by atoms with Crippen LogP contribution in [0.1, 0.15) is 0 Å². The van der Waals surface area contributed by atoms with Gasteiger partial charge in [0.05, 0.1) is 18.6 Å². The number of carbonyl (C=O) groups excluding carboxylic acids is 2. The molecule has 2 aromatic carbocycles. The molecule has 1 fully saturated rings. The number of hydrogen-bond acceptors (Lipinski definition) is 7. The summed E-state index contributed by atoms with van der Waals surface area (Å²) in [4.78, 5) is 26.6. The Morgan fingerprint density at radius 3 is 2.52 bits per heavy atom. The molecule has 2 aromatic rings. The average molecular weight is 420 g/mol. The maximum Gasteiger partial charge on any atom is 0.365 e. The number of anilines is 2. The highest BCUT2D eigenvalue weighted by Crippen LogP contribution is 2.55. The Morgan fingerprint density at radius 2 is 1.85 bits per heavy atom. The van der Waals surface area contributed by atoms with E-state index in [4.69, 9.17) is 16.3 Å². The Morgan fingerprint density at radius 1 is 1.15 bits per heavy atom. The lowest BCUT2D eigenvalue weighted by Crippen LogP contribution is -2.51. The molecule has 2 aliphatic heterocycles. The molecule has 1 unspecified atom stereocenters. The molecule has 4 rings (SSSR count). The molecule has 6 nitrogen and oxygen atoms in total. The van der Waals surface area contributed by atoms with Crippen molar-refractivity contribution in [2.75, 3.05) is 22.8 Å². The van der Waals surface area contributed by atoms with E-state index in [9.17, 15) is 9.59 Å². The summed E-state index contributed by atoms with van der Waals surface area (Å²) in [5, 5.41) is 6.95. The van der Waals surface area contributed by atoms with E-state index in [1.807, 2.05) is 30.3 Å². The number of rotatable bonds is 3. The van der Waals surface area contributed by atoms with Gasteiger partial charge in [0, 0.05) is 10.7 Å². The third kappa shape index (κ3) is 3.07. The van der Waals surface area contributed by atoms with E-state index in [0.717, 1.165) is 5.69 Å². The fourth-order valence-electron chi connectivity index (χ4n) is 2.87. The smallest absolute Gasteiger partial charge is 0.365 e. The van der Waals surface area contributed by atoms with E-state index in [1.54, 1.807) is 34.2 Å². The first-order chi connectivity index (χ1) is 13.0. The first-order valence-electron chi connectivity index (χ1n) is 7.99. The molecule has 1 atom stereocenters. The van der Waals surface area contributed by atoms with E-state index < -0.39 is 10.3 Å². The Bertz CT molecular complexity index is 923. The fourth-order valence-corrected chi connectivity index (χ4v) is 5.77. The van der Waals surface area contributed by atoms with E-state index in [-0.39, 0.29) is 16.7 Å². The molecule has 1 spiro atoms. The van der Waals surface area contributed by atoms with Crippen LogP contribution in [-0.2, 0) is 14.3 Å². The zero-order valence-corrected chi connectivity index (χ0v) is 16.6. The van der Waals surface area contributed by atoms with E-state index in [0.29, 0.717) is 10.7 Å². The quantitative estimate of drug-likeness (QED) is 0.706. The number of hydrogen-bond donors (Lipinski definition) is 0. The molecule has 1 saturated heterocycles. The van der Waals surface area contributed by atoms with Crippen molar-refractivity contribution < 1.29 is 14.3 Å². The van der Waals surface area contributed by atoms with Crippen LogP contribution in [0.4, 0.5) is 11.4 Å². The van der Waals surface area contributed by atoms with Crippen LogP contribution in [0, 0.1) is 0 Å². The van der Waals surface area contributed by atoms with Gasteiger partial charge in [-0.15, -0.1) is 0 Å². The Kier molecular flexibility index (Phi) is 4.79. The minimum absolute atomic E-state index is 0.0565. The summed E-state index contributed by atoms with van der Waals surface area (Å²) in [6.45, 7) is 0. The molecule has 9 heteroatoms. The van der Waals surface area contributed by atoms with Crippen LogP contribution in [0.2, 0.25) is 5.02 Å². The zero-order chi connectivity index (χ0) is 19.0. The Balaban J connectivity index is 1.84. The van der Waals surface area contributed by atoms with Crippen molar-refractivity contribution in [3.05, 3.63) is 59.6 Å². The first kappa shape index (κ1) is 18.2. The van der Waals surface area contributed by atoms with Gasteiger partial charge in [0.15, 0.2) is 0 Å². The number of nitrogens with zero attached hydrogens (tertiary/aromatic N) is 3. The summed E-state index contributed by atoms with van der Waals surface area (Å²) in [5.74, 6) is -0.321. The summed E-state index contributed by atoms with van der Waals surface area (Å²) < 4.78 is 3.91. The Hall–Kier alpha value is -2.16. The number of carbonyl (C=O) groups is 2. The van der Waals surface area contributed by atoms with E-state index in [1.165, 1.54) is 30.6 Å². The molecule has 0 N–H and O–H groups in total. The topological polar surface area (TPSA) is 62.2 Å². The van der Waals surface area contributed by atoms with Crippen LogP contribution in [0.15, 0.2) is 59.7 Å². The molecule has 0 aromatic heterocycles. The van der Waals surface area contributed by atoms with Gasteiger partial charge in [-0.3, -0.25) is 9.69 Å². The molecule has 1 amide bonds. The normalized spacial score (nSPS) is 21.7. The van der Waals surface area contributed by atoms with Gasteiger partial charge < -0.3 is 4.74 Å². The maximum atomic E-state index is 12.8. The average Bonchev–Trinajstić information content (AvgIpc) is 3.23. The third-order valence-corrected chi connectivity index (χ3v) is 7.09. The number of ether oxygens (including phenoxy) is 1. The van der Waals surface area contributed by atoms with Crippen molar-refractivity contribution >= 4 is 63.4 Å². The molecule has 2 heterocycles. The van der Waals surface area contributed by atoms with Gasteiger partial charge in [-0.1, -0.05) is 41.6 Å². The number of amides is 1. The lowest BCUT2D eigenvalue weighted by molar-refractivity contribution is -0.132. The number of thioether (sulfide) groups is 2. The van der Waals surface area contributed by atoms with Crippen LogP contribution in [0.5, 0.6) is 0 Å². The van der Waals surface area contributed by atoms with E-state index >= 15 is 0 Å². The predicted octanol–water partition coefficient (Wildman–Crippen LogP) is 3.77. The third-order valence-electron chi connectivity index (χ3n) is 4.05. The molecule has 0 bridgehead atoms. The molecule has 0 saturated carbocycles. The number of para-hydroxylation sites is 1. The minimum atomic E-state index is -0.949. The van der Waals surface area contributed by atoms with Crippen LogP contribution in [-0.4, -0.2) is 34.1 Å². The monoisotopic (exact) mass is 419 g/mol. The van der Waals surface area contributed by atoms with Gasteiger partial charge in [-0.25, -0.2) is 9.80 Å². The summed E-state index contributed by atoms with van der Waals surface area (Å²) in [7, 11) is 1.31. The van der Waals surface area contributed by atoms with Crippen molar-refractivity contribution in [2.24, 2.45) is 5.10 Å². The maximum absolute atomic E-state index is 12.8. The van der Waals surface area contributed by atoms with Crippen molar-refractivity contribution in [3.63, 3.8) is 0 Å².